The van der Waals surface area contributed by atoms with Crippen LogP contribution in [0.25, 0.3) is 0 Å². The van der Waals surface area contributed by atoms with E-state index in [1.54, 1.807) is 0 Å². The maximum absolute atomic E-state index is 4.52. The van der Waals surface area contributed by atoms with Crippen LogP contribution < -0.4 is 0 Å². The zero-order valence-corrected chi connectivity index (χ0v) is 8.16. The van der Waals surface area contributed by atoms with E-state index >= 15 is 0 Å². The molecule has 0 bridgehead atoms. The molecule has 2 atom stereocenters. The number of rotatable bonds is 2. The van der Waals surface area contributed by atoms with Crippen molar-refractivity contribution in [2.45, 2.75) is 18.6 Å². The zero-order valence-electron chi connectivity index (χ0n) is 6.45. The van der Waals surface area contributed by atoms with Gasteiger partial charge in [0.25, 0.3) is 0 Å². The highest BCUT2D eigenvalue weighted by molar-refractivity contribution is 8.10. The van der Waals surface area contributed by atoms with Gasteiger partial charge in [0.05, 0.1) is 17.1 Å². The first-order valence-electron chi connectivity index (χ1n) is 3.60. The second-order valence-electron chi connectivity index (χ2n) is 2.20. The van der Waals surface area contributed by atoms with Crippen molar-refractivity contribution in [3.8, 4) is 0 Å². The van der Waals surface area contributed by atoms with Crippen LogP contribution in [0, 0.1) is 0 Å². The van der Waals surface area contributed by atoms with Crippen molar-refractivity contribution in [1.82, 2.24) is 4.90 Å². The summed E-state index contributed by atoms with van der Waals surface area (Å²) in [6.45, 7) is 5.46. The van der Waals surface area contributed by atoms with Crippen LogP contribution in [0.1, 0.15) is 13.8 Å². The summed E-state index contributed by atoms with van der Waals surface area (Å²) in [4.78, 5) is 2.27. The quantitative estimate of drug-likeness (QED) is 0.494. The third kappa shape index (κ3) is 1.45. The van der Waals surface area contributed by atoms with Crippen molar-refractivity contribution in [3.05, 3.63) is 11.6 Å². The Balaban J connectivity index is 2.49. The SMILES string of the molecule is CCN1C=C[S+](CC)C1S. The Kier molecular flexibility index (Phi) is 2.98. The van der Waals surface area contributed by atoms with Gasteiger partial charge >= 0.3 is 0 Å². The fourth-order valence-corrected chi connectivity index (χ4v) is 3.39. The topological polar surface area (TPSA) is 3.24 Å². The molecule has 0 fully saturated rings. The fraction of sp³-hybridized carbons (Fsp3) is 0.714. The molecule has 1 rings (SSSR count). The normalized spacial score (nSPS) is 31.7. The van der Waals surface area contributed by atoms with Gasteiger partial charge in [0.2, 0.25) is 4.71 Å². The molecular formula is C7H14NS2+. The molecule has 0 spiro atoms. The van der Waals surface area contributed by atoms with Crippen LogP contribution in [-0.2, 0) is 10.9 Å². The van der Waals surface area contributed by atoms with Gasteiger partial charge in [-0.3, -0.25) is 0 Å². The van der Waals surface area contributed by atoms with Crippen LogP contribution in [-0.4, -0.2) is 21.9 Å². The third-order valence-corrected chi connectivity index (χ3v) is 4.74. The molecular weight excluding hydrogens is 162 g/mol. The second-order valence-corrected chi connectivity index (χ2v) is 5.27. The van der Waals surface area contributed by atoms with Gasteiger partial charge in [-0.25, -0.2) is 0 Å². The lowest BCUT2D eigenvalue weighted by molar-refractivity contribution is 0.450. The highest BCUT2D eigenvalue weighted by Crippen LogP contribution is 2.23. The molecule has 0 saturated heterocycles. The summed E-state index contributed by atoms with van der Waals surface area (Å²) in [5, 5.41) is 2.28. The van der Waals surface area contributed by atoms with E-state index in [0.29, 0.717) is 15.6 Å². The highest BCUT2D eigenvalue weighted by Gasteiger charge is 2.32. The van der Waals surface area contributed by atoms with Gasteiger partial charge in [-0.05, 0) is 13.8 Å². The second kappa shape index (κ2) is 3.58. The molecule has 1 heterocycles. The van der Waals surface area contributed by atoms with Gasteiger partial charge < -0.3 is 4.90 Å². The molecule has 0 aromatic heterocycles. The molecule has 1 nitrogen and oxygen atoms in total. The van der Waals surface area contributed by atoms with Crippen LogP contribution in [0.4, 0.5) is 0 Å². The summed E-state index contributed by atoms with van der Waals surface area (Å²) >= 11 is 4.52. The lowest BCUT2D eigenvalue weighted by atomic mass is 10.6. The lowest BCUT2D eigenvalue weighted by Gasteiger charge is -2.15. The Morgan fingerprint density at radius 2 is 2.30 bits per heavy atom. The van der Waals surface area contributed by atoms with Crippen LogP contribution in [0.5, 0.6) is 0 Å². The number of nitrogens with zero attached hydrogens (tertiary/aromatic N) is 1. The molecule has 0 N–H and O–H groups in total. The molecule has 0 aromatic carbocycles. The molecule has 58 valence electrons. The average Bonchev–Trinajstić information content (AvgIpc) is 2.30. The third-order valence-electron chi connectivity index (χ3n) is 1.68. The number of hydrogen-bond donors (Lipinski definition) is 1. The number of hydrogen-bond acceptors (Lipinski definition) is 2. The van der Waals surface area contributed by atoms with Gasteiger partial charge in [0.1, 0.15) is 11.2 Å². The van der Waals surface area contributed by atoms with Crippen LogP contribution in [0.3, 0.4) is 0 Å². The Labute approximate surface area is 71.2 Å². The average molecular weight is 176 g/mol. The van der Waals surface area contributed by atoms with Crippen LogP contribution in [0.15, 0.2) is 11.6 Å². The molecule has 0 aromatic rings. The summed E-state index contributed by atoms with van der Waals surface area (Å²) < 4.78 is 0.454. The van der Waals surface area contributed by atoms with Crippen molar-refractivity contribution in [3.63, 3.8) is 0 Å². The molecule has 1 aliphatic rings. The van der Waals surface area contributed by atoms with Crippen LogP contribution in [0.2, 0.25) is 0 Å². The maximum Gasteiger partial charge on any atom is 0.240 e. The first-order chi connectivity index (χ1) is 4.79. The minimum absolute atomic E-state index is 0.401. The predicted molar refractivity (Wildman–Crippen MR) is 52.2 cm³/mol. The first kappa shape index (κ1) is 8.34. The van der Waals surface area contributed by atoms with E-state index in [1.165, 1.54) is 5.75 Å². The van der Waals surface area contributed by atoms with Crippen molar-refractivity contribution in [2.75, 3.05) is 12.3 Å². The standard InChI is InChI=1S/C7H13NS2/c1-3-8-5-6-10(4-2)7(8)9/h5-7H,3-4H2,1-2H3/p+1. The van der Waals surface area contributed by atoms with E-state index in [2.05, 4.69) is 43.0 Å². The van der Waals surface area contributed by atoms with Gasteiger partial charge in [0, 0.05) is 6.54 Å². The highest BCUT2D eigenvalue weighted by atomic mass is 32.2. The van der Waals surface area contributed by atoms with E-state index in [4.69, 9.17) is 0 Å². The summed E-state index contributed by atoms with van der Waals surface area (Å²) in [5.74, 6) is 1.22. The van der Waals surface area contributed by atoms with Crippen molar-refractivity contribution >= 4 is 23.5 Å². The molecule has 10 heavy (non-hydrogen) atoms. The lowest BCUT2D eigenvalue weighted by Crippen LogP contribution is -2.27. The minimum atomic E-state index is 0.401. The molecule has 0 aliphatic carbocycles. The van der Waals surface area contributed by atoms with Crippen LogP contribution >= 0.6 is 12.6 Å². The first-order valence-corrected chi connectivity index (χ1v) is 5.64. The smallest absolute Gasteiger partial charge is 0.240 e. The minimum Gasteiger partial charge on any atom is -0.321 e. The summed E-state index contributed by atoms with van der Waals surface area (Å²) in [5.41, 5.74) is 0. The van der Waals surface area contributed by atoms with Gasteiger partial charge in [0.15, 0.2) is 0 Å². The van der Waals surface area contributed by atoms with Gasteiger partial charge in [-0.1, -0.05) is 12.6 Å². The van der Waals surface area contributed by atoms with Crippen molar-refractivity contribution in [2.24, 2.45) is 0 Å². The summed E-state index contributed by atoms with van der Waals surface area (Å²) in [7, 11) is 0.401. The molecule has 3 heteroatoms. The Morgan fingerprint density at radius 3 is 2.60 bits per heavy atom. The maximum atomic E-state index is 4.52. The predicted octanol–water partition coefficient (Wildman–Crippen LogP) is 1.64. The van der Waals surface area contributed by atoms with E-state index in [-0.39, 0.29) is 0 Å². The fourth-order valence-electron chi connectivity index (χ4n) is 0.981. The Hall–Kier alpha value is 0.240. The Morgan fingerprint density at radius 1 is 1.60 bits per heavy atom. The van der Waals surface area contributed by atoms with E-state index in [9.17, 15) is 0 Å². The Bertz CT molecular complexity index is 122. The monoisotopic (exact) mass is 176 g/mol. The van der Waals surface area contributed by atoms with Gasteiger partial charge in [-0.15, -0.1) is 0 Å². The van der Waals surface area contributed by atoms with E-state index in [1.807, 2.05) is 0 Å². The number of thiol groups is 1. The van der Waals surface area contributed by atoms with Gasteiger partial charge in [-0.2, -0.15) is 0 Å². The van der Waals surface area contributed by atoms with E-state index in [0.717, 1.165) is 6.54 Å². The molecule has 0 amide bonds. The van der Waals surface area contributed by atoms with E-state index < -0.39 is 0 Å². The summed E-state index contributed by atoms with van der Waals surface area (Å²) in [6, 6.07) is 0. The zero-order chi connectivity index (χ0) is 7.56. The molecule has 0 radical (unpaired) electrons. The molecule has 1 aliphatic heterocycles. The van der Waals surface area contributed by atoms with Crippen molar-refractivity contribution in [1.29, 1.82) is 0 Å². The summed E-state index contributed by atoms with van der Waals surface area (Å²) in [6.07, 6.45) is 2.17. The molecule has 0 saturated carbocycles. The molecule has 2 unspecified atom stereocenters. The van der Waals surface area contributed by atoms with Crippen molar-refractivity contribution < 1.29 is 0 Å². The largest absolute Gasteiger partial charge is 0.321 e.